The normalized spacial score (nSPS) is 10.8. The van der Waals surface area contributed by atoms with Crippen LogP contribution in [0.25, 0.3) is 11.6 Å². The first-order valence-electron chi connectivity index (χ1n) is 12.2. The van der Waals surface area contributed by atoms with Gasteiger partial charge in [-0.25, -0.2) is 0 Å². The molecule has 0 heterocycles. The Morgan fingerprint density at radius 2 is 1.39 bits per heavy atom. The van der Waals surface area contributed by atoms with E-state index in [-0.39, 0.29) is 0 Å². The van der Waals surface area contributed by atoms with Crippen LogP contribution in [0, 0.1) is 20.8 Å². The van der Waals surface area contributed by atoms with E-state index in [1.165, 1.54) is 12.0 Å². The molecule has 0 spiro atoms. The number of nitrogens with one attached hydrogen (secondary N) is 2. The van der Waals surface area contributed by atoms with E-state index in [0.717, 1.165) is 83.5 Å². The molecule has 0 aliphatic carbocycles. The highest BCUT2D eigenvalue weighted by atomic mass is 32.2. The lowest BCUT2D eigenvalue weighted by Crippen LogP contribution is -2.04. The van der Waals surface area contributed by atoms with Crippen LogP contribution in [-0.4, -0.2) is 11.7 Å². The van der Waals surface area contributed by atoms with Crippen LogP contribution in [0.2, 0.25) is 0 Å². The van der Waals surface area contributed by atoms with Crippen molar-refractivity contribution in [1.29, 1.82) is 0 Å². The highest BCUT2D eigenvalue weighted by Crippen LogP contribution is 2.41. The van der Waals surface area contributed by atoms with Crippen LogP contribution in [0.3, 0.4) is 0 Å². The molecule has 4 nitrogen and oxygen atoms in total. The molecule has 0 saturated heterocycles. The number of rotatable bonds is 10. The van der Waals surface area contributed by atoms with Crippen LogP contribution in [0.5, 0.6) is 0 Å². The molecule has 0 aliphatic heterocycles. The summed E-state index contributed by atoms with van der Waals surface area (Å²) in [4.78, 5) is 1.74. The van der Waals surface area contributed by atoms with Crippen LogP contribution >= 0.6 is 24.1 Å². The van der Waals surface area contributed by atoms with Gasteiger partial charge in [0, 0.05) is 46.6 Å². The molecule has 4 aromatic carbocycles. The van der Waals surface area contributed by atoms with Crippen molar-refractivity contribution in [2.24, 2.45) is 0 Å². The molecule has 0 aliphatic rings. The second-order valence-corrected chi connectivity index (χ2v) is 10.6. The Balaban J connectivity index is 1.88. The van der Waals surface area contributed by atoms with Crippen LogP contribution in [-0.2, 0) is 4.18 Å². The van der Waals surface area contributed by atoms with Gasteiger partial charge < -0.3 is 19.4 Å². The third-order valence-electron chi connectivity index (χ3n) is 6.31. The maximum atomic E-state index is 9.93. The fraction of sp³-hybridized carbons (Fsp3) is 0.125. The Morgan fingerprint density at radius 3 is 2.03 bits per heavy atom. The second-order valence-electron chi connectivity index (χ2n) is 9.04. The molecule has 0 aromatic heterocycles. The Morgan fingerprint density at radius 1 is 0.816 bits per heavy atom. The summed E-state index contributed by atoms with van der Waals surface area (Å²) in [5.74, 6) is 0. The van der Waals surface area contributed by atoms with E-state index in [9.17, 15) is 4.55 Å². The topological polar surface area (TPSA) is 53.5 Å². The standard InChI is InChI=1S/C32H32N2O2S2/c1-7-24-26(33-28-15-13-21(3)19-31(28)38-36-6)16-17-29(34-27-14-12-20(2)18-30(27)37-35)32(24)23(5)25-11-9-8-10-22(25)4/h7-19,33-35H,1,5H2,2-4,6H3. The van der Waals surface area contributed by atoms with Crippen molar-refractivity contribution in [1.82, 2.24) is 0 Å². The summed E-state index contributed by atoms with van der Waals surface area (Å²) in [5, 5.41) is 7.15. The van der Waals surface area contributed by atoms with Crippen LogP contribution in [0.4, 0.5) is 22.7 Å². The Bertz CT molecular complexity index is 1500. The second kappa shape index (κ2) is 12.4. The fourth-order valence-corrected chi connectivity index (χ4v) is 5.48. The van der Waals surface area contributed by atoms with Gasteiger partial charge in [0.25, 0.3) is 0 Å². The Hall–Kier alpha value is -3.42. The van der Waals surface area contributed by atoms with E-state index in [1.54, 1.807) is 7.11 Å². The van der Waals surface area contributed by atoms with E-state index in [1.807, 2.05) is 55.5 Å². The number of benzene rings is 4. The highest BCUT2D eigenvalue weighted by molar-refractivity contribution is 7.94. The number of hydrogen-bond donors (Lipinski definition) is 3. The minimum Gasteiger partial charge on any atom is -0.354 e. The number of hydrogen-bond acceptors (Lipinski definition) is 6. The van der Waals surface area contributed by atoms with Gasteiger partial charge in [0.1, 0.15) is 0 Å². The van der Waals surface area contributed by atoms with Crippen LogP contribution in [0.15, 0.2) is 95.7 Å². The summed E-state index contributed by atoms with van der Waals surface area (Å²) in [6.07, 6.45) is 1.86. The van der Waals surface area contributed by atoms with E-state index in [0.29, 0.717) is 0 Å². The largest absolute Gasteiger partial charge is 0.354 e. The molecular weight excluding hydrogens is 508 g/mol. The molecular formula is C32H32N2O2S2. The van der Waals surface area contributed by atoms with Gasteiger partial charge in [-0.05, 0) is 85.0 Å². The molecule has 0 atom stereocenters. The maximum Gasteiger partial charge on any atom is 0.0590 e. The highest BCUT2D eigenvalue weighted by Gasteiger charge is 2.19. The van der Waals surface area contributed by atoms with Crippen molar-refractivity contribution < 1.29 is 8.74 Å². The van der Waals surface area contributed by atoms with Gasteiger partial charge in [0.2, 0.25) is 0 Å². The van der Waals surface area contributed by atoms with Gasteiger partial charge in [0.15, 0.2) is 0 Å². The number of aryl methyl sites for hydroxylation is 3. The first-order chi connectivity index (χ1) is 18.4. The molecule has 0 saturated carbocycles. The molecule has 0 fully saturated rings. The monoisotopic (exact) mass is 540 g/mol. The van der Waals surface area contributed by atoms with Gasteiger partial charge in [-0.1, -0.05) is 55.6 Å². The van der Waals surface area contributed by atoms with Crippen molar-refractivity contribution in [2.45, 2.75) is 30.6 Å². The maximum absolute atomic E-state index is 9.93. The van der Waals surface area contributed by atoms with Crippen molar-refractivity contribution >= 4 is 58.5 Å². The quantitative estimate of drug-likeness (QED) is 0.174. The molecule has 194 valence electrons. The number of anilines is 4. The molecule has 0 radical (unpaired) electrons. The molecule has 0 bridgehead atoms. The van der Waals surface area contributed by atoms with Crippen LogP contribution in [0.1, 0.15) is 33.4 Å². The Labute approximate surface area is 234 Å². The molecule has 4 aromatic rings. The van der Waals surface area contributed by atoms with Crippen molar-refractivity contribution in [3.05, 3.63) is 119 Å². The zero-order valence-corrected chi connectivity index (χ0v) is 23.7. The summed E-state index contributed by atoms with van der Waals surface area (Å²) in [6.45, 7) is 14.9. The predicted molar refractivity (Wildman–Crippen MR) is 166 cm³/mol. The zero-order chi connectivity index (χ0) is 27.2. The average molecular weight is 541 g/mol. The van der Waals surface area contributed by atoms with Crippen molar-refractivity contribution in [2.75, 3.05) is 17.7 Å². The lowest BCUT2D eigenvalue weighted by Gasteiger charge is -2.23. The van der Waals surface area contributed by atoms with E-state index in [2.05, 4.69) is 68.0 Å². The van der Waals surface area contributed by atoms with Gasteiger partial charge >= 0.3 is 0 Å². The predicted octanol–water partition coefficient (Wildman–Crippen LogP) is 10.0. The minimum absolute atomic E-state index is 0.733. The van der Waals surface area contributed by atoms with Crippen molar-refractivity contribution in [3.8, 4) is 0 Å². The summed E-state index contributed by atoms with van der Waals surface area (Å²) in [7, 11) is 1.67. The van der Waals surface area contributed by atoms with Gasteiger partial charge in [-0.15, -0.1) is 0 Å². The smallest absolute Gasteiger partial charge is 0.0590 e. The fourth-order valence-electron chi connectivity index (χ4n) is 4.41. The van der Waals surface area contributed by atoms with Gasteiger partial charge in [0.05, 0.1) is 28.3 Å². The van der Waals surface area contributed by atoms with E-state index < -0.39 is 0 Å². The van der Waals surface area contributed by atoms with Crippen LogP contribution < -0.4 is 10.6 Å². The van der Waals surface area contributed by atoms with E-state index >= 15 is 0 Å². The first-order valence-corrected chi connectivity index (χ1v) is 13.7. The minimum atomic E-state index is 0.733. The molecule has 38 heavy (non-hydrogen) atoms. The first kappa shape index (κ1) is 27.6. The molecule has 3 N–H and O–H groups in total. The SMILES string of the molecule is C=Cc1c(Nc2ccc(C)cc2SOC)ccc(Nc2ccc(C)cc2SO)c1C(=C)c1ccccc1C. The van der Waals surface area contributed by atoms with Gasteiger partial charge in [-0.3, -0.25) is 0 Å². The zero-order valence-electron chi connectivity index (χ0n) is 22.1. The lowest BCUT2D eigenvalue weighted by atomic mass is 9.90. The summed E-state index contributed by atoms with van der Waals surface area (Å²) >= 11 is 2.06. The average Bonchev–Trinajstić information content (AvgIpc) is 2.91. The lowest BCUT2D eigenvalue weighted by molar-refractivity contribution is 0.490. The molecule has 0 unspecified atom stereocenters. The molecule has 0 amide bonds. The molecule has 6 heteroatoms. The Kier molecular flexibility index (Phi) is 9.02. The summed E-state index contributed by atoms with van der Waals surface area (Å²) < 4.78 is 15.3. The third-order valence-corrected chi connectivity index (χ3v) is 7.52. The van der Waals surface area contributed by atoms with Gasteiger partial charge in [-0.2, -0.15) is 0 Å². The summed E-state index contributed by atoms with van der Waals surface area (Å²) in [6, 6.07) is 24.5. The van der Waals surface area contributed by atoms with E-state index in [4.69, 9.17) is 4.18 Å². The third kappa shape index (κ3) is 6.00. The molecule has 4 rings (SSSR count). The van der Waals surface area contributed by atoms with Crippen molar-refractivity contribution in [3.63, 3.8) is 0 Å². The summed E-state index contributed by atoms with van der Waals surface area (Å²) in [5.41, 5.74) is 10.7.